The van der Waals surface area contributed by atoms with Crippen LogP contribution in [0.25, 0.3) is 0 Å². The van der Waals surface area contributed by atoms with Crippen molar-refractivity contribution in [1.29, 1.82) is 0 Å². The maximum absolute atomic E-state index is 12.8. The molecule has 1 rings (SSSR count). The van der Waals surface area contributed by atoms with Gasteiger partial charge in [-0.15, -0.1) is 0 Å². The third-order valence-corrected chi connectivity index (χ3v) is 3.45. The van der Waals surface area contributed by atoms with Gasteiger partial charge in [0.05, 0.1) is 10.8 Å². The van der Waals surface area contributed by atoms with Crippen LogP contribution in [0, 0.1) is 12.8 Å². The number of nitrogens with zero attached hydrogens (tertiary/aromatic N) is 2. The summed E-state index contributed by atoms with van der Waals surface area (Å²) in [5.41, 5.74) is -0.958. The number of alkyl halides is 3. The Hall–Kier alpha value is -1.18. The fourth-order valence-electron chi connectivity index (χ4n) is 1.59. The molecule has 0 aliphatic heterocycles. The van der Waals surface area contributed by atoms with Crippen LogP contribution in [-0.4, -0.2) is 26.6 Å². The van der Waals surface area contributed by atoms with Crippen LogP contribution in [-0.2, 0) is 17.5 Å². The molecule has 1 aromatic heterocycles. The van der Waals surface area contributed by atoms with Gasteiger partial charge in [-0.05, 0) is 12.8 Å². The van der Waals surface area contributed by atoms with Gasteiger partial charge < -0.3 is 5.11 Å². The molecule has 1 heterocycles. The molecular weight excluding hydrogens is 281 g/mol. The maximum Gasteiger partial charge on any atom is 0.435 e. The van der Waals surface area contributed by atoms with Crippen molar-refractivity contribution in [3.63, 3.8) is 0 Å². The van der Waals surface area contributed by atoms with E-state index >= 15 is 0 Å². The Balaban J connectivity index is 3.16. The van der Waals surface area contributed by atoms with E-state index in [9.17, 15) is 18.0 Å². The number of thioether (sulfide) groups is 1. The second kappa shape index (κ2) is 5.85. The van der Waals surface area contributed by atoms with Gasteiger partial charge in [-0.3, -0.25) is 9.48 Å². The smallest absolute Gasteiger partial charge is 0.435 e. The molecule has 0 saturated carbocycles. The summed E-state index contributed by atoms with van der Waals surface area (Å²) in [5, 5.41) is 12.5. The molecule has 1 N–H and O–H groups in total. The molecule has 0 fully saturated rings. The van der Waals surface area contributed by atoms with E-state index < -0.39 is 17.8 Å². The molecule has 0 atom stereocenters. The first-order chi connectivity index (χ1) is 8.62. The van der Waals surface area contributed by atoms with Crippen LogP contribution in [0.2, 0.25) is 0 Å². The highest BCUT2D eigenvalue weighted by molar-refractivity contribution is 7.99. The summed E-state index contributed by atoms with van der Waals surface area (Å²) in [4.78, 5) is 10.5. The normalized spacial score (nSPS) is 12.2. The SMILES string of the molecule is Cc1c(C(F)(F)F)nn(CC(C)C)c1SCC(=O)O. The van der Waals surface area contributed by atoms with Crippen LogP contribution < -0.4 is 0 Å². The molecule has 108 valence electrons. The molecule has 0 aromatic carbocycles. The fourth-order valence-corrected chi connectivity index (χ4v) is 2.43. The summed E-state index contributed by atoms with van der Waals surface area (Å²) in [6.07, 6.45) is -4.52. The van der Waals surface area contributed by atoms with Gasteiger partial charge in [0, 0.05) is 12.1 Å². The third kappa shape index (κ3) is 4.15. The monoisotopic (exact) mass is 296 g/mol. The number of rotatable bonds is 5. The zero-order valence-electron chi connectivity index (χ0n) is 10.8. The summed E-state index contributed by atoms with van der Waals surface area (Å²) < 4.78 is 39.6. The highest BCUT2D eigenvalue weighted by Crippen LogP contribution is 2.35. The number of aliphatic carboxylic acids is 1. The zero-order chi connectivity index (χ0) is 14.8. The zero-order valence-corrected chi connectivity index (χ0v) is 11.6. The lowest BCUT2D eigenvalue weighted by molar-refractivity contribution is -0.142. The minimum Gasteiger partial charge on any atom is -0.481 e. The van der Waals surface area contributed by atoms with E-state index in [0.29, 0.717) is 6.54 Å². The number of hydrogen-bond acceptors (Lipinski definition) is 3. The highest BCUT2D eigenvalue weighted by Gasteiger charge is 2.38. The number of carbonyl (C=O) groups is 1. The number of aromatic nitrogens is 2. The Labute approximate surface area is 113 Å². The van der Waals surface area contributed by atoms with Crippen LogP contribution >= 0.6 is 11.8 Å². The standard InChI is InChI=1S/C11H15F3N2O2S/c1-6(2)4-16-10(19-5-8(17)18)7(3)9(15-16)11(12,13)14/h6H,4-5H2,1-3H3,(H,17,18). The molecule has 4 nitrogen and oxygen atoms in total. The lowest BCUT2D eigenvalue weighted by atomic mass is 10.2. The number of hydrogen-bond donors (Lipinski definition) is 1. The van der Waals surface area contributed by atoms with E-state index in [-0.39, 0.29) is 22.3 Å². The van der Waals surface area contributed by atoms with Gasteiger partial charge >= 0.3 is 12.1 Å². The quantitative estimate of drug-likeness (QED) is 0.849. The first-order valence-electron chi connectivity index (χ1n) is 5.62. The maximum atomic E-state index is 12.8. The molecule has 1 aromatic rings. The van der Waals surface area contributed by atoms with Gasteiger partial charge in [-0.25, -0.2) is 0 Å². The molecule has 0 aliphatic carbocycles. The molecule has 19 heavy (non-hydrogen) atoms. The minimum atomic E-state index is -4.52. The van der Waals surface area contributed by atoms with Gasteiger partial charge in [0.2, 0.25) is 0 Å². The Morgan fingerprint density at radius 3 is 2.47 bits per heavy atom. The summed E-state index contributed by atoms with van der Waals surface area (Å²) in [5.74, 6) is -1.25. The van der Waals surface area contributed by atoms with Gasteiger partial charge in [-0.2, -0.15) is 18.3 Å². The Morgan fingerprint density at radius 2 is 2.05 bits per heavy atom. The van der Waals surface area contributed by atoms with Crippen molar-refractivity contribution in [3.05, 3.63) is 11.3 Å². The van der Waals surface area contributed by atoms with Crippen molar-refractivity contribution in [2.75, 3.05) is 5.75 Å². The van der Waals surface area contributed by atoms with Gasteiger partial charge in [0.15, 0.2) is 5.69 Å². The lowest BCUT2D eigenvalue weighted by Gasteiger charge is -2.09. The van der Waals surface area contributed by atoms with E-state index in [4.69, 9.17) is 5.11 Å². The minimum absolute atomic E-state index is 0.0144. The molecular formula is C11H15F3N2O2S. The Bertz CT molecular complexity index is 469. The van der Waals surface area contributed by atoms with Crippen LogP contribution in [0.1, 0.15) is 25.1 Å². The van der Waals surface area contributed by atoms with Gasteiger partial charge in [0.1, 0.15) is 0 Å². The van der Waals surface area contributed by atoms with E-state index in [2.05, 4.69) is 5.10 Å². The lowest BCUT2D eigenvalue weighted by Crippen LogP contribution is -2.11. The van der Waals surface area contributed by atoms with Gasteiger partial charge in [-0.1, -0.05) is 25.6 Å². The number of halogens is 3. The summed E-state index contributed by atoms with van der Waals surface area (Å²) in [6, 6.07) is 0. The van der Waals surface area contributed by atoms with E-state index in [1.54, 1.807) is 0 Å². The fraction of sp³-hybridized carbons (Fsp3) is 0.636. The second-order valence-corrected chi connectivity index (χ2v) is 5.50. The molecule has 8 heteroatoms. The average molecular weight is 296 g/mol. The molecule has 0 spiro atoms. The number of carboxylic acid groups (broad SMARTS) is 1. The van der Waals surface area contributed by atoms with Crippen molar-refractivity contribution >= 4 is 17.7 Å². The summed E-state index contributed by atoms with van der Waals surface area (Å²) in [7, 11) is 0. The van der Waals surface area contributed by atoms with Crippen molar-refractivity contribution in [2.45, 2.75) is 38.5 Å². The van der Waals surface area contributed by atoms with Crippen molar-refractivity contribution in [2.24, 2.45) is 5.92 Å². The Morgan fingerprint density at radius 1 is 1.47 bits per heavy atom. The molecule has 0 amide bonds. The second-order valence-electron chi connectivity index (χ2n) is 4.53. The predicted octanol–water partition coefficient (Wildman–Crippen LogP) is 3.04. The first-order valence-corrected chi connectivity index (χ1v) is 6.60. The summed E-state index contributed by atoms with van der Waals surface area (Å²) >= 11 is 0.862. The van der Waals surface area contributed by atoms with E-state index in [1.807, 2.05) is 13.8 Å². The van der Waals surface area contributed by atoms with Crippen molar-refractivity contribution < 1.29 is 23.1 Å². The van der Waals surface area contributed by atoms with E-state index in [1.165, 1.54) is 11.6 Å². The first kappa shape index (κ1) is 15.9. The average Bonchev–Trinajstić information content (AvgIpc) is 2.51. The van der Waals surface area contributed by atoms with Crippen LogP contribution in [0.15, 0.2) is 5.03 Å². The highest BCUT2D eigenvalue weighted by atomic mass is 32.2. The largest absolute Gasteiger partial charge is 0.481 e. The van der Waals surface area contributed by atoms with Gasteiger partial charge in [0.25, 0.3) is 0 Å². The van der Waals surface area contributed by atoms with Crippen molar-refractivity contribution in [3.8, 4) is 0 Å². The molecule has 0 aliphatic rings. The molecule has 0 saturated heterocycles. The van der Waals surface area contributed by atoms with E-state index in [0.717, 1.165) is 11.8 Å². The van der Waals surface area contributed by atoms with Crippen molar-refractivity contribution in [1.82, 2.24) is 9.78 Å². The predicted molar refractivity (Wildman–Crippen MR) is 65.2 cm³/mol. The number of carboxylic acids is 1. The van der Waals surface area contributed by atoms with Crippen LogP contribution in [0.4, 0.5) is 13.2 Å². The Kier molecular flexibility index (Phi) is 4.89. The molecule has 0 bridgehead atoms. The van der Waals surface area contributed by atoms with Crippen LogP contribution in [0.3, 0.4) is 0 Å². The molecule has 0 unspecified atom stereocenters. The van der Waals surface area contributed by atoms with Crippen LogP contribution in [0.5, 0.6) is 0 Å². The molecule has 0 radical (unpaired) electrons. The summed E-state index contributed by atoms with van der Waals surface area (Å²) in [6.45, 7) is 5.35. The third-order valence-electron chi connectivity index (χ3n) is 2.27. The topological polar surface area (TPSA) is 55.1 Å².